The maximum atomic E-state index is 12.1. The molecule has 0 aromatic carbocycles. The Bertz CT molecular complexity index is 549. The standard InChI is InChI=1S/C16H22N2O5/c1-4-7-8-9-13(19)23-10-12-14(15(20)22-6-3)11(5-2)17-16(21)18-12/h4,7-9,11H,5-6,10H2,1-3H3,(H2,17,18,21). The van der Waals surface area contributed by atoms with Crippen molar-refractivity contribution in [2.24, 2.45) is 0 Å². The van der Waals surface area contributed by atoms with Crippen molar-refractivity contribution >= 4 is 18.0 Å². The molecule has 0 aliphatic carbocycles. The number of allylic oxidation sites excluding steroid dienone is 3. The van der Waals surface area contributed by atoms with Gasteiger partial charge in [-0.3, -0.25) is 0 Å². The Morgan fingerprint density at radius 2 is 1.96 bits per heavy atom. The Kier molecular flexibility index (Phi) is 7.59. The van der Waals surface area contributed by atoms with Crippen molar-refractivity contribution in [3.05, 3.63) is 35.6 Å². The number of hydrogen-bond acceptors (Lipinski definition) is 5. The Labute approximate surface area is 135 Å². The van der Waals surface area contributed by atoms with E-state index in [0.717, 1.165) is 0 Å². The van der Waals surface area contributed by atoms with Crippen molar-refractivity contribution in [2.45, 2.75) is 33.2 Å². The Balaban J connectivity index is 2.92. The molecular weight excluding hydrogens is 300 g/mol. The second-order valence-electron chi connectivity index (χ2n) is 4.66. The van der Waals surface area contributed by atoms with Crippen LogP contribution in [0.25, 0.3) is 0 Å². The van der Waals surface area contributed by atoms with Crippen LogP contribution in [0.4, 0.5) is 4.79 Å². The summed E-state index contributed by atoms with van der Waals surface area (Å²) < 4.78 is 10.1. The van der Waals surface area contributed by atoms with Gasteiger partial charge in [0.2, 0.25) is 0 Å². The number of esters is 2. The topological polar surface area (TPSA) is 93.7 Å². The zero-order chi connectivity index (χ0) is 17.2. The van der Waals surface area contributed by atoms with Crippen LogP contribution < -0.4 is 10.6 Å². The van der Waals surface area contributed by atoms with Crippen LogP contribution in [0.5, 0.6) is 0 Å². The van der Waals surface area contributed by atoms with Crippen LogP contribution in [0.1, 0.15) is 27.2 Å². The predicted molar refractivity (Wildman–Crippen MR) is 84.3 cm³/mol. The van der Waals surface area contributed by atoms with Gasteiger partial charge >= 0.3 is 18.0 Å². The molecule has 0 fully saturated rings. The summed E-state index contributed by atoms with van der Waals surface area (Å²) in [7, 11) is 0. The predicted octanol–water partition coefficient (Wildman–Crippen LogP) is 1.57. The van der Waals surface area contributed by atoms with E-state index >= 15 is 0 Å². The molecule has 0 saturated heterocycles. The average molecular weight is 322 g/mol. The highest BCUT2D eigenvalue weighted by Crippen LogP contribution is 2.17. The lowest BCUT2D eigenvalue weighted by atomic mass is 10.0. The number of nitrogens with one attached hydrogen (secondary N) is 2. The molecule has 1 unspecified atom stereocenters. The average Bonchev–Trinajstić information content (AvgIpc) is 2.52. The van der Waals surface area contributed by atoms with E-state index in [1.807, 2.05) is 13.8 Å². The lowest BCUT2D eigenvalue weighted by molar-refractivity contribution is -0.140. The zero-order valence-corrected chi connectivity index (χ0v) is 13.5. The van der Waals surface area contributed by atoms with Gasteiger partial charge < -0.3 is 20.1 Å². The second-order valence-corrected chi connectivity index (χ2v) is 4.66. The van der Waals surface area contributed by atoms with Crippen molar-refractivity contribution in [3.63, 3.8) is 0 Å². The number of amides is 2. The van der Waals surface area contributed by atoms with Crippen LogP contribution in [0.15, 0.2) is 35.6 Å². The summed E-state index contributed by atoms with van der Waals surface area (Å²) in [5, 5.41) is 5.15. The molecule has 0 aromatic heterocycles. The van der Waals surface area contributed by atoms with Gasteiger partial charge in [-0.2, -0.15) is 0 Å². The number of urea groups is 1. The summed E-state index contributed by atoms with van der Waals surface area (Å²) in [4.78, 5) is 35.3. The molecule has 7 heteroatoms. The van der Waals surface area contributed by atoms with Crippen LogP contribution in [-0.2, 0) is 19.1 Å². The lowest BCUT2D eigenvalue weighted by Crippen LogP contribution is -2.51. The monoisotopic (exact) mass is 322 g/mol. The molecule has 2 N–H and O–H groups in total. The summed E-state index contributed by atoms with van der Waals surface area (Å²) in [5.74, 6) is -1.11. The first kappa shape index (κ1) is 18.5. The molecule has 126 valence electrons. The zero-order valence-electron chi connectivity index (χ0n) is 13.5. The molecule has 0 bridgehead atoms. The largest absolute Gasteiger partial charge is 0.463 e. The molecule has 7 nitrogen and oxygen atoms in total. The Morgan fingerprint density at radius 1 is 1.22 bits per heavy atom. The van der Waals surface area contributed by atoms with Gasteiger partial charge in [-0.15, -0.1) is 0 Å². The van der Waals surface area contributed by atoms with Crippen LogP contribution >= 0.6 is 0 Å². The van der Waals surface area contributed by atoms with E-state index in [1.54, 1.807) is 25.2 Å². The molecule has 23 heavy (non-hydrogen) atoms. The first-order valence-corrected chi connectivity index (χ1v) is 7.47. The number of carbonyl (C=O) groups excluding carboxylic acids is 3. The first-order valence-electron chi connectivity index (χ1n) is 7.47. The van der Waals surface area contributed by atoms with Gasteiger partial charge in [0, 0.05) is 6.08 Å². The van der Waals surface area contributed by atoms with E-state index in [4.69, 9.17) is 9.47 Å². The molecule has 1 rings (SSSR count). The minimum Gasteiger partial charge on any atom is -0.463 e. The van der Waals surface area contributed by atoms with Crippen molar-refractivity contribution < 1.29 is 23.9 Å². The molecule has 0 saturated carbocycles. The maximum absolute atomic E-state index is 12.1. The fourth-order valence-electron chi connectivity index (χ4n) is 2.01. The molecular formula is C16H22N2O5. The van der Waals surface area contributed by atoms with Gasteiger partial charge in [0.05, 0.1) is 23.9 Å². The van der Waals surface area contributed by atoms with E-state index in [1.165, 1.54) is 6.08 Å². The van der Waals surface area contributed by atoms with Crippen LogP contribution in [-0.4, -0.2) is 37.2 Å². The van der Waals surface area contributed by atoms with Gasteiger partial charge in [0.25, 0.3) is 0 Å². The summed E-state index contributed by atoms with van der Waals surface area (Å²) in [6.07, 6.45) is 6.76. The normalized spacial score (nSPS) is 18.0. The lowest BCUT2D eigenvalue weighted by Gasteiger charge is -2.28. The van der Waals surface area contributed by atoms with E-state index in [0.29, 0.717) is 6.42 Å². The molecule has 0 radical (unpaired) electrons. The number of rotatable bonds is 7. The quantitative estimate of drug-likeness (QED) is 0.421. The highest BCUT2D eigenvalue weighted by atomic mass is 16.5. The smallest absolute Gasteiger partial charge is 0.338 e. The third-order valence-electron chi connectivity index (χ3n) is 3.04. The van der Waals surface area contributed by atoms with E-state index < -0.39 is 24.0 Å². The minimum atomic E-state index is -0.570. The molecule has 1 atom stereocenters. The molecule has 2 amide bonds. The maximum Gasteiger partial charge on any atom is 0.338 e. The summed E-state index contributed by atoms with van der Waals surface area (Å²) >= 11 is 0. The van der Waals surface area contributed by atoms with E-state index in [9.17, 15) is 14.4 Å². The van der Waals surface area contributed by atoms with Gasteiger partial charge in [-0.05, 0) is 20.3 Å². The van der Waals surface area contributed by atoms with Crippen molar-refractivity contribution in [2.75, 3.05) is 13.2 Å². The minimum absolute atomic E-state index is 0.211. The SMILES string of the molecule is CC=CC=CC(=O)OCC1=C(C(=O)OCC)C(CC)NC(=O)N1. The van der Waals surface area contributed by atoms with Crippen molar-refractivity contribution in [1.29, 1.82) is 0 Å². The summed E-state index contributed by atoms with van der Waals surface area (Å²) in [5.41, 5.74) is 0.519. The third-order valence-corrected chi connectivity index (χ3v) is 3.04. The van der Waals surface area contributed by atoms with Gasteiger partial charge in [0.15, 0.2) is 0 Å². The van der Waals surface area contributed by atoms with Gasteiger partial charge in [-0.25, -0.2) is 14.4 Å². The molecule has 0 aromatic rings. The highest BCUT2D eigenvalue weighted by Gasteiger charge is 2.31. The van der Waals surface area contributed by atoms with Crippen LogP contribution in [0.2, 0.25) is 0 Å². The van der Waals surface area contributed by atoms with Crippen molar-refractivity contribution in [1.82, 2.24) is 10.6 Å². The fourth-order valence-corrected chi connectivity index (χ4v) is 2.01. The van der Waals surface area contributed by atoms with Gasteiger partial charge in [-0.1, -0.05) is 25.2 Å². The fraction of sp³-hybridized carbons (Fsp3) is 0.438. The first-order chi connectivity index (χ1) is 11.0. The van der Waals surface area contributed by atoms with E-state index in [-0.39, 0.29) is 24.5 Å². The van der Waals surface area contributed by atoms with E-state index in [2.05, 4.69) is 10.6 Å². The number of hydrogen-bond donors (Lipinski definition) is 2. The molecule has 0 spiro atoms. The molecule has 1 aliphatic heterocycles. The summed E-state index contributed by atoms with van der Waals surface area (Å²) in [6, 6.07) is -0.921. The highest BCUT2D eigenvalue weighted by molar-refractivity contribution is 5.95. The molecule has 1 heterocycles. The number of ether oxygens (including phenoxy) is 2. The Hall–Kier alpha value is -2.57. The third kappa shape index (κ3) is 5.61. The molecule has 1 aliphatic rings. The van der Waals surface area contributed by atoms with Gasteiger partial charge in [0.1, 0.15) is 6.61 Å². The number of carbonyl (C=O) groups is 3. The second kappa shape index (κ2) is 9.45. The van der Waals surface area contributed by atoms with Crippen LogP contribution in [0, 0.1) is 0 Å². The summed E-state index contributed by atoms with van der Waals surface area (Å²) in [6.45, 7) is 5.35. The van der Waals surface area contributed by atoms with Crippen LogP contribution in [0.3, 0.4) is 0 Å². The van der Waals surface area contributed by atoms with Crippen molar-refractivity contribution in [3.8, 4) is 0 Å². The Morgan fingerprint density at radius 3 is 2.57 bits per heavy atom.